The SMILES string of the molecule is CCc1c2c(nc3ccc(OC(=O)N4CCC(N)CC4)cc13)-c1cc3c(c(=O)n1C2)COC(=O)[C@]3(O)CC.Cl.Cl. The number of nitrogens with two attached hydrogens (primary N) is 1. The Morgan fingerprint density at radius 2 is 1.90 bits per heavy atom. The molecule has 3 aromatic rings. The molecular weight excluding hydrogens is 559 g/mol. The number of fused-ring (bicyclic) bond motifs is 5. The molecule has 1 atom stereocenters. The van der Waals surface area contributed by atoms with Gasteiger partial charge in [-0.3, -0.25) is 4.79 Å². The van der Waals surface area contributed by atoms with Crippen LogP contribution in [0.5, 0.6) is 5.75 Å². The van der Waals surface area contributed by atoms with Gasteiger partial charge in [0, 0.05) is 35.6 Å². The molecule has 1 amide bonds. The molecule has 0 saturated carbocycles. The van der Waals surface area contributed by atoms with Gasteiger partial charge in [-0.25, -0.2) is 14.6 Å². The van der Waals surface area contributed by atoms with Crippen LogP contribution in [0.4, 0.5) is 4.79 Å². The van der Waals surface area contributed by atoms with Crippen LogP contribution < -0.4 is 16.0 Å². The molecule has 0 aliphatic carbocycles. The second-order valence-corrected chi connectivity index (χ2v) is 10.2. The van der Waals surface area contributed by atoms with E-state index in [9.17, 15) is 19.5 Å². The Bertz CT molecular complexity index is 1570. The highest BCUT2D eigenvalue weighted by atomic mass is 35.5. The monoisotopic (exact) mass is 590 g/mol. The maximum absolute atomic E-state index is 13.5. The van der Waals surface area contributed by atoms with Crippen LogP contribution in [0, 0.1) is 0 Å². The molecule has 40 heavy (non-hydrogen) atoms. The van der Waals surface area contributed by atoms with Gasteiger partial charge in [-0.2, -0.15) is 0 Å². The van der Waals surface area contributed by atoms with Crippen molar-refractivity contribution in [3.05, 3.63) is 56.9 Å². The maximum Gasteiger partial charge on any atom is 0.415 e. The third-order valence-corrected chi connectivity index (χ3v) is 8.13. The Morgan fingerprint density at radius 3 is 2.58 bits per heavy atom. The van der Waals surface area contributed by atoms with Crippen molar-refractivity contribution in [2.75, 3.05) is 13.1 Å². The number of amides is 1. The van der Waals surface area contributed by atoms with Gasteiger partial charge in [0.05, 0.1) is 29.0 Å². The first-order chi connectivity index (χ1) is 18.2. The molecule has 3 N–H and O–H groups in total. The summed E-state index contributed by atoms with van der Waals surface area (Å²) in [7, 11) is 0. The molecule has 2 aromatic heterocycles. The summed E-state index contributed by atoms with van der Waals surface area (Å²) in [6.07, 6.45) is 1.87. The number of aromatic nitrogens is 2. The number of aliphatic hydroxyl groups is 1. The molecule has 0 unspecified atom stereocenters. The van der Waals surface area contributed by atoms with Crippen LogP contribution in [0.15, 0.2) is 29.1 Å². The van der Waals surface area contributed by atoms with Crippen molar-refractivity contribution in [3.63, 3.8) is 0 Å². The van der Waals surface area contributed by atoms with Crippen LogP contribution >= 0.6 is 24.8 Å². The van der Waals surface area contributed by atoms with Gasteiger partial charge in [-0.05, 0) is 55.5 Å². The normalized spacial score (nSPS) is 19.6. The number of nitrogens with zero attached hydrogens (tertiary/aromatic N) is 3. The topological polar surface area (TPSA) is 137 Å². The van der Waals surface area contributed by atoms with Crippen LogP contribution in [0.25, 0.3) is 22.3 Å². The second kappa shape index (κ2) is 11.0. The van der Waals surface area contributed by atoms with Crippen LogP contribution in [0.3, 0.4) is 0 Å². The number of likely N-dealkylation sites (tertiary alicyclic amines) is 1. The van der Waals surface area contributed by atoms with E-state index < -0.39 is 17.7 Å². The van der Waals surface area contributed by atoms with Gasteiger partial charge in [0.2, 0.25) is 0 Å². The first-order valence-electron chi connectivity index (χ1n) is 13.1. The number of halogens is 2. The number of rotatable bonds is 3. The molecule has 1 saturated heterocycles. The van der Waals surface area contributed by atoms with Crippen molar-refractivity contribution in [2.24, 2.45) is 5.73 Å². The number of pyridine rings is 2. The summed E-state index contributed by atoms with van der Waals surface area (Å²) in [5, 5.41) is 11.9. The zero-order valence-corrected chi connectivity index (χ0v) is 23.9. The van der Waals surface area contributed by atoms with E-state index in [0.717, 1.165) is 29.4 Å². The number of cyclic esters (lactones) is 1. The minimum atomic E-state index is -1.87. The Labute approximate surface area is 243 Å². The first kappa shape index (κ1) is 29.8. The second-order valence-electron chi connectivity index (χ2n) is 10.2. The highest BCUT2D eigenvalue weighted by molar-refractivity contribution is 5.90. The molecule has 1 aromatic carbocycles. The molecule has 12 heteroatoms. The number of ether oxygens (including phenoxy) is 2. The molecule has 1 fully saturated rings. The number of carbonyl (C=O) groups excluding carboxylic acids is 2. The van der Waals surface area contributed by atoms with Crippen molar-refractivity contribution in [1.82, 2.24) is 14.5 Å². The van der Waals surface area contributed by atoms with E-state index in [4.69, 9.17) is 20.2 Å². The zero-order chi connectivity index (χ0) is 26.8. The molecule has 3 aliphatic heterocycles. The van der Waals surface area contributed by atoms with Crippen molar-refractivity contribution in [2.45, 2.75) is 64.3 Å². The smallest absolute Gasteiger partial charge is 0.415 e. The highest BCUT2D eigenvalue weighted by Gasteiger charge is 2.45. The van der Waals surface area contributed by atoms with Gasteiger partial charge < -0.3 is 29.8 Å². The standard InChI is InChI=1S/C28H30N4O6.2ClH/c1-3-17-18-11-16(38-27(35)31-9-7-15(29)8-10-31)5-6-22(18)30-24-19(17)13-32-23(24)12-21-20(25(32)33)14-37-26(34)28(21,36)4-2;;/h5-6,11-12,15,36H,3-4,7-10,13-14,29H2,1-2H3;2*1H/t28-;;/m0../s1. The van der Waals surface area contributed by atoms with E-state index in [1.54, 1.807) is 28.5 Å². The molecule has 3 aliphatic rings. The van der Waals surface area contributed by atoms with E-state index in [1.807, 2.05) is 19.1 Å². The third-order valence-electron chi connectivity index (χ3n) is 8.13. The Hall–Kier alpha value is -3.18. The number of benzene rings is 1. The van der Waals surface area contributed by atoms with E-state index >= 15 is 0 Å². The van der Waals surface area contributed by atoms with Crippen LogP contribution in [-0.4, -0.2) is 50.8 Å². The Morgan fingerprint density at radius 1 is 1.18 bits per heavy atom. The number of piperidine rings is 1. The summed E-state index contributed by atoms with van der Waals surface area (Å²) in [5.41, 5.74) is 8.21. The fourth-order valence-corrected chi connectivity index (χ4v) is 5.86. The first-order valence-corrected chi connectivity index (χ1v) is 13.1. The predicted octanol–water partition coefficient (Wildman–Crippen LogP) is 3.41. The van der Waals surface area contributed by atoms with Crippen LogP contribution in [-0.2, 0) is 34.7 Å². The Balaban J connectivity index is 0.00000185. The fourth-order valence-electron chi connectivity index (χ4n) is 5.86. The highest BCUT2D eigenvalue weighted by Crippen LogP contribution is 2.40. The lowest BCUT2D eigenvalue weighted by molar-refractivity contribution is -0.172. The van der Waals surface area contributed by atoms with Crippen LogP contribution in [0.1, 0.15) is 55.4 Å². The lowest BCUT2D eigenvalue weighted by Gasteiger charge is -2.31. The summed E-state index contributed by atoms with van der Waals surface area (Å²) in [5.74, 6) is -0.314. The Kier molecular flexibility index (Phi) is 8.20. The number of carbonyl (C=O) groups is 2. The number of hydrogen-bond donors (Lipinski definition) is 2. The van der Waals surface area contributed by atoms with E-state index in [-0.39, 0.29) is 49.4 Å². The number of aryl methyl sites for hydroxylation is 1. The van der Waals surface area contributed by atoms with Crippen molar-refractivity contribution in [3.8, 4) is 17.1 Å². The molecule has 5 heterocycles. The summed E-state index contributed by atoms with van der Waals surface area (Å²) < 4.78 is 12.5. The summed E-state index contributed by atoms with van der Waals surface area (Å²) >= 11 is 0. The molecule has 10 nitrogen and oxygen atoms in total. The van der Waals surface area contributed by atoms with Gasteiger partial charge in [-0.1, -0.05) is 13.8 Å². The summed E-state index contributed by atoms with van der Waals surface area (Å²) in [6, 6.07) is 7.18. The average Bonchev–Trinajstić information content (AvgIpc) is 3.28. The summed E-state index contributed by atoms with van der Waals surface area (Å²) in [6.45, 7) is 5.01. The fraction of sp³-hybridized carbons (Fsp3) is 0.429. The largest absolute Gasteiger partial charge is 0.458 e. The summed E-state index contributed by atoms with van der Waals surface area (Å²) in [4.78, 5) is 45.2. The number of hydrogen-bond acceptors (Lipinski definition) is 8. The van der Waals surface area contributed by atoms with Crippen molar-refractivity contribution in [1.29, 1.82) is 0 Å². The van der Waals surface area contributed by atoms with E-state index in [2.05, 4.69) is 0 Å². The third kappa shape index (κ3) is 4.52. The molecule has 0 bridgehead atoms. The van der Waals surface area contributed by atoms with Gasteiger partial charge in [0.1, 0.15) is 12.4 Å². The van der Waals surface area contributed by atoms with Gasteiger partial charge in [-0.15, -0.1) is 24.8 Å². The van der Waals surface area contributed by atoms with Gasteiger partial charge in [0.15, 0.2) is 5.60 Å². The molecule has 0 radical (unpaired) electrons. The van der Waals surface area contributed by atoms with Crippen molar-refractivity contribution < 1.29 is 24.2 Å². The lowest BCUT2D eigenvalue weighted by Crippen LogP contribution is -2.44. The van der Waals surface area contributed by atoms with E-state index in [0.29, 0.717) is 59.8 Å². The van der Waals surface area contributed by atoms with Crippen molar-refractivity contribution >= 4 is 47.8 Å². The maximum atomic E-state index is 13.5. The quantitative estimate of drug-likeness (QED) is 0.346. The van der Waals surface area contributed by atoms with Crippen LogP contribution in [0.2, 0.25) is 0 Å². The number of esters is 1. The van der Waals surface area contributed by atoms with Gasteiger partial charge >= 0.3 is 12.1 Å². The molecular formula is C28H32Cl2N4O6. The molecule has 0 spiro atoms. The van der Waals surface area contributed by atoms with Gasteiger partial charge in [0.25, 0.3) is 5.56 Å². The minimum Gasteiger partial charge on any atom is -0.458 e. The molecule has 6 rings (SSSR count). The average molecular weight is 591 g/mol. The predicted molar refractivity (Wildman–Crippen MR) is 153 cm³/mol. The van der Waals surface area contributed by atoms with E-state index in [1.165, 1.54) is 0 Å². The minimum absolute atomic E-state index is 0. The molecule has 214 valence electrons. The zero-order valence-electron chi connectivity index (χ0n) is 22.3. The lowest BCUT2D eigenvalue weighted by atomic mass is 9.86.